The zero-order chi connectivity index (χ0) is 12.3. The van der Waals surface area contributed by atoms with Crippen LogP contribution in [0.15, 0.2) is 18.2 Å². The lowest BCUT2D eigenvalue weighted by molar-refractivity contribution is 0.449. The van der Waals surface area contributed by atoms with E-state index in [0.29, 0.717) is 6.04 Å². The molecule has 1 saturated heterocycles. The molecule has 1 atom stereocenters. The highest BCUT2D eigenvalue weighted by atomic mass is 15.2. The van der Waals surface area contributed by atoms with E-state index < -0.39 is 0 Å². The molecule has 1 aromatic rings. The molecule has 1 aromatic carbocycles. The zero-order valence-electron chi connectivity index (χ0n) is 10.5. The first-order chi connectivity index (χ1) is 8.26. The molecular weight excluding hydrogens is 210 g/mol. The van der Waals surface area contributed by atoms with Crippen molar-refractivity contribution in [2.45, 2.75) is 25.8 Å². The van der Waals surface area contributed by atoms with E-state index in [2.05, 4.69) is 29.3 Å². The number of hydrogen-bond acceptors (Lipinski definition) is 3. The number of benzene rings is 1. The standard InChI is InChI=1S/C14H19N3/c1-11-5-3-6-12(9-15)14(11)17-8-4-7-13(10-17)16-2/h3,5-6,13,16H,4,7-8,10H2,1-2H3. The summed E-state index contributed by atoms with van der Waals surface area (Å²) in [5, 5.41) is 12.5. The van der Waals surface area contributed by atoms with Gasteiger partial charge in [0.05, 0.1) is 11.3 Å². The SMILES string of the molecule is CNC1CCCN(c2c(C)cccc2C#N)C1. The predicted molar refractivity (Wildman–Crippen MR) is 70.2 cm³/mol. The lowest BCUT2D eigenvalue weighted by Crippen LogP contribution is -2.44. The number of nitriles is 1. The van der Waals surface area contributed by atoms with Crippen LogP contribution in [-0.2, 0) is 0 Å². The van der Waals surface area contributed by atoms with Crippen molar-refractivity contribution in [2.24, 2.45) is 0 Å². The highest BCUT2D eigenvalue weighted by molar-refractivity contribution is 5.64. The quantitative estimate of drug-likeness (QED) is 0.843. The molecule has 2 rings (SSSR count). The first-order valence-electron chi connectivity index (χ1n) is 6.18. The molecule has 1 aliphatic rings. The van der Waals surface area contributed by atoms with Crippen molar-refractivity contribution in [1.29, 1.82) is 5.26 Å². The second kappa shape index (κ2) is 5.20. The van der Waals surface area contributed by atoms with Crippen molar-refractivity contribution in [3.05, 3.63) is 29.3 Å². The van der Waals surface area contributed by atoms with Crippen molar-refractivity contribution in [3.63, 3.8) is 0 Å². The van der Waals surface area contributed by atoms with Gasteiger partial charge in [-0.3, -0.25) is 0 Å². The van der Waals surface area contributed by atoms with Gasteiger partial charge in [0.15, 0.2) is 0 Å². The summed E-state index contributed by atoms with van der Waals surface area (Å²) in [4.78, 5) is 2.35. The van der Waals surface area contributed by atoms with Crippen LogP contribution in [-0.4, -0.2) is 26.2 Å². The normalized spacial score (nSPS) is 20.1. The van der Waals surface area contributed by atoms with Gasteiger partial charge in [-0.1, -0.05) is 12.1 Å². The monoisotopic (exact) mass is 229 g/mol. The molecule has 17 heavy (non-hydrogen) atoms. The molecule has 3 nitrogen and oxygen atoms in total. The average Bonchev–Trinajstić information content (AvgIpc) is 2.38. The number of anilines is 1. The van der Waals surface area contributed by atoms with Crippen LogP contribution in [0.25, 0.3) is 0 Å². The lowest BCUT2D eigenvalue weighted by Gasteiger charge is -2.35. The highest BCUT2D eigenvalue weighted by Crippen LogP contribution is 2.27. The topological polar surface area (TPSA) is 39.1 Å². The van der Waals surface area contributed by atoms with Gasteiger partial charge in [0, 0.05) is 19.1 Å². The number of likely N-dealkylation sites (N-methyl/N-ethyl adjacent to an activating group) is 1. The van der Waals surface area contributed by atoms with Crippen molar-refractivity contribution in [3.8, 4) is 6.07 Å². The molecule has 0 spiro atoms. The highest BCUT2D eigenvalue weighted by Gasteiger charge is 2.21. The lowest BCUT2D eigenvalue weighted by atomic mass is 10.0. The van der Waals surface area contributed by atoms with E-state index in [-0.39, 0.29) is 0 Å². The Morgan fingerprint density at radius 1 is 1.47 bits per heavy atom. The summed E-state index contributed by atoms with van der Waals surface area (Å²) in [5.41, 5.74) is 3.11. The van der Waals surface area contributed by atoms with Crippen LogP contribution < -0.4 is 10.2 Å². The Bertz CT molecular complexity index is 434. The first kappa shape index (κ1) is 11.9. The largest absolute Gasteiger partial charge is 0.369 e. The molecule has 3 heteroatoms. The number of para-hydroxylation sites is 1. The van der Waals surface area contributed by atoms with Gasteiger partial charge in [-0.2, -0.15) is 5.26 Å². The van der Waals surface area contributed by atoms with Crippen LogP contribution in [0.4, 0.5) is 5.69 Å². The summed E-state index contributed by atoms with van der Waals surface area (Å²) in [6, 6.07) is 8.79. The number of hydrogen-bond donors (Lipinski definition) is 1. The zero-order valence-corrected chi connectivity index (χ0v) is 10.5. The maximum Gasteiger partial charge on any atom is 0.101 e. The van der Waals surface area contributed by atoms with Gasteiger partial charge in [-0.15, -0.1) is 0 Å². The van der Waals surface area contributed by atoms with Gasteiger partial charge < -0.3 is 10.2 Å². The third-order valence-electron chi connectivity index (χ3n) is 3.50. The molecule has 0 radical (unpaired) electrons. The number of nitrogens with one attached hydrogen (secondary N) is 1. The molecule has 1 N–H and O–H groups in total. The Kier molecular flexibility index (Phi) is 3.65. The number of piperidine rings is 1. The van der Waals surface area contributed by atoms with Crippen LogP contribution in [0.3, 0.4) is 0 Å². The molecule has 0 bridgehead atoms. The fourth-order valence-electron chi connectivity index (χ4n) is 2.58. The number of nitrogens with zero attached hydrogens (tertiary/aromatic N) is 2. The van der Waals surface area contributed by atoms with Crippen molar-refractivity contribution in [2.75, 3.05) is 25.0 Å². The molecule has 0 aromatic heterocycles. The van der Waals surface area contributed by atoms with E-state index >= 15 is 0 Å². The predicted octanol–water partition coefficient (Wildman–Crippen LogP) is 2.05. The summed E-state index contributed by atoms with van der Waals surface area (Å²) < 4.78 is 0. The summed E-state index contributed by atoms with van der Waals surface area (Å²) in [5.74, 6) is 0. The fourth-order valence-corrected chi connectivity index (χ4v) is 2.58. The van der Waals surface area contributed by atoms with Gasteiger partial charge in [0.2, 0.25) is 0 Å². The Morgan fingerprint density at radius 2 is 2.29 bits per heavy atom. The Hall–Kier alpha value is -1.53. The van der Waals surface area contributed by atoms with Gasteiger partial charge in [-0.05, 0) is 38.4 Å². The average molecular weight is 229 g/mol. The van der Waals surface area contributed by atoms with Gasteiger partial charge in [0.25, 0.3) is 0 Å². The maximum atomic E-state index is 9.20. The summed E-state index contributed by atoms with van der Waals surface area (Å²) in [7, 11) is 2.01. The molecular formula is C14H19N3. The van der Waals surface area contributed by atoms with Crippen LogP contribution in [0.1, 0.15) is 24.0 Å². The molecule has 1 unspecified atom stereocenters. The van der Waals surface area contributed by atoms with E-state index in [1.165, 1.54) is 18.4 Å². The second-order valence-corrected chi connectivity index (χ2v) is 4.66. The third-order valence-corrected chi connectivity index (χ3v) is 3.50. The van der Waals surface area contributed by atoms with E-state index in [1.54, 1.807) is 0 Å². The van der Waals surface area contributed by atoms with Crippen molar-refractivity contribution < 1.29 is 0 Å². The smallest absolute Gasteiger partial charge is 0.101 e. The first-order valence-corrected chi connectivity index (χ1v) is 6.18. The van der Waals surface area contributed by atoms with Crippen LogP contribution in [0.5, 0.6) is 0 Å². The Balaban J connectivity index is 2.30. The van der Waals surface area contributed by atoms with Crippen LogP contribution >= 0.6 is 0 Å². The molecule has 1 heterocycles. The maximum absolute atomic E-state index is 9.20. The summed E-state index contributed by atoms with van der Waals surface area (Å²) >= 11 is 0. The van der Waals surface area contributed by atoms with Gasteiger partial charge >= 0.3 is 0 Å². The van der Waals surface area contributed by atoms with Crippen LogP contribution in [0, 0.1) is 18.3 Å². The molecule has 1 fully saturated rings. The Morgan fingerprint density at radius 3 is 3.00 bits per heavy atom. The van der Waals surface area contributed by atoms with E-state index in [9.17, 15) is 5.26 Å². The Labute approximate surface area is 103 Å². The molecule has 0 saturated carbocycles. The van der Waals surface area contributed by atoms with Crippen molar-refractivity contribution in [1.82, 2.24) is 5.32 Å². The van der Waals surface area contributed by atoms with Crippen molar-refractivity contribution >= 4 is 5.69 Å². The molecule has 0 aliphatic carbocycles. The van der Waals surface area contributed by atoms with E-state index in [1.807, 2.05) is 19.2 Å². The summed E-state index contributed by atoms with van der Waals surface area (Å²) in [6.45, 7) is 4.13. The van der Waals surface area contributed by atoms with Gasteiger partial charge in [0.1, 0.15) is 6.07 Å². The third kappa shape index (κ3) is 2.42. The molecule has 0 amide bonds. The number of aryl methyl sites for hydroxylation is 1. The van der Waals surface area contributed by atoms with E-state index in [4.69, 9.17) is 0 Å². The molecule has 90 valence electrons. The minimum Gasteiger partial charge on any atom is -0.369 e. The fraction of sp³-hybridized carbons (Fsp3) is 0.500. The van der Waals surface area contributed by atoms with Gasteiger partial charge in [-0.25, -0.2) is 0 Å². The van der Waals surface area contributed by atoms with E-state index in [0.717, 1.165) is 24.3 Å². The molecule has 1 aliphatic heterocycles. The number of rotatable bonds is 2. The summed E-state index contributed by atoms with van der Waals surface area (Å²) in [6.07, 6.45) is 2.41. The van der Waals surface area contributed by atoms with Crippen LogP contribution in [0.2, 0.25) is 0 Å². The minimum atomic E-state index is 0.537. The second-order valence-electron chi connectivity index (χ2n) is 4.66. The minimum absolute atomic E-state index is 0.537.